The molecule has 2 aromatic carbocycles. The van der Waals surface area contributed by atoms with Crippen LogP contribution in [-0.2, 0) is 10.0 Å². The van der Waals surface area contributed by atoms with Gasteiger partial charge in [0.15, 0.2) is 11.5 Å². The van der Waals surface area contributed by atoms with Crippen LogP contribution in [0.25, 0.3) is 0 Å². The molecule has 0 spiro atoms. The fourth-order valence-corrected chi connectivity index (χ4v) is 5.12. The molecule has 0 atom stereocenters. The molecule has 7 nitrogen and oxygen atoms in total. The van der Waals surface area contributed by atoms with E-state index >= 15 is 0 Å². The third-order valence-corrected chi connectivity index (χ3v) is 7.20. The predicted octanol–water partition coefficient (Wildman–Crippen LogP) is 3.30. The van der Waals surface area contributed by atoms with E-state index in [1.165, 1.54) is 41.6 Å². The molecule has 1 saturated heterocycles. The Morgan fingerprint density at radius 2 is 1.67 bits per heavy atom. The number of hydrogen-bond donors (Lipinski definition) is 0. The second kappa shape index (κ2) is 8.97. The Hall–Kier alpha value is -2.07. The first-order valence-electron chi connectivity index (χ1n) is 8.85. The van der Waals surface area contributed by atoms with E-state index in [9.17, 15) is 17.6 Å². The van der Waals surface area contributed by atoms with Gasteiger partial charge in [0.1, 0.15) is 5.82 Å². The minimum absolute atomic E-state index is 0.0874. The lowest BCUT2D eigenvalue weighted by Gasteiger charge is -2.34. The van der Waals surface area contributed by atoms with Crippen LogP contribution >= 0.6 is 23.2 Å². The van der Waals surface area contributed by atoms with Gasteiger partial charge < -0.3 is 14.4 Å². The SMILES string of the molecule is COc1cc(C(=O)N2CCN(S(=O)(=O)c3ccc(F)c(Cl)c3)CC2)cc(Cl)c1OC. The normalized spacial score (nSPS) is 15.2. The van der Waals surface area contributed by atoms with Crippen LogP contribution in [0.3, 0.4) is 0 Å². The highest BCUT2D eigenvalue weighted by Gasteiger charge is 2.31. The molecule has 30 heavy (non-hydrogen) atoms. The summed E-state index contributed by atoms with van der Waals surface area (Å²) in [4.78, 5) is 14.3. The lowest BCUT2D eigenvalue weighted by Crippen LogP contribution is -2.50. The van der Waals surface area contributed by atoms with Crippen molar-refractivity contribution < 1.29 is 27.1 Å². The quantitative estimate of drug-likeness (QED) is 0.661. The molecule has 0 unspecified atom stereocenters. The van der Waals surface area contributed by atoms with Crippen LogP contribution < -0.4 is 9.47 Å². The Kier molecular flexibility index (Phi) is 6.76. The van der Waals surface area contributed by atoms with Crippen molar-refractivity contribution in [2.24, 2.45) is 0 Å². The van der Waals surface area contributed by atoms with Crippen LogP contribution in [-0.4, -0.2) is 63.9 Å². The number of nitrogens with zero attached hydrogens (tertiary/aromatic N) is 2. The predicted molar refractivity (Wildman–Crippen MR) is 111 cm³/mol. The average molecular weight is 477 g/mol. The van der Waals surface area contributed by atoms with Crippen molar-refractivity contribution in [1.29, 1.82) is 0 Å². The van der Waals surface area contributed by atoms with Gasteiger partial charge in [0, 0.05) is 31.7 Å². The van der Waals surface area contributed by atoms with Crippen LogP contribution in [0.1, 0.15) is 10.4 Å². The molecule has 0 N–H and O–H groups in total. The molecule has 1 aliphatic rings. The molecule has 1 heterocycles. The van der Waals surface area contributed by atoms with E-state index < -0.39 is 15.8 Å². The first-order valence-corrected chi connectivity index (χ1v) is 11.0. The number of piperazine rings is 1. The minimum Gasteiger partial charge on any atom is -0.493 e. The third-order valence-electron chi connectivity index (χ3n) is 4.74. The van der Waals surface area contributed by atoms with Crippen molar-refractivity contribution in [3.05, 3.63) is 51.8 Å². The zero-order valence-corrected chi connectivity index (χ0v) is 18.5. The second-order valence-electron chi connectivity index (χ2n) is 6.47. The highest BCUT2D eigenvalue weighted by atomic mass is 35.5. The number of amides is 1. The molecule has 0 saturated carbocycles. The van der Waals surface area contributed by atoms with Crippen LogP contribution in [0, 0.1) is 5.82 Å². The molecule has 1 aliphatic heterocycles. The Balaban J connectivity index is 1.74. The lowest BCUT2D eigenvalue weighted by molar-refractivity contribution is 0.0697. The molecular formula is C19H19Cl2FN2O5S. The van der Waals surface area contributed by atoms with Gasteiger partial charge in [-0.2, -0.15) is 4.31 Å². The van der Waals surface area contributed by atoms with Crippen molar-refractivity contribution in [2.75, 3.05) is 40.4 Å². The van der Waals surface area contributed by atoms with E-state index in [1.54, 1.807) is 0 Å². The Morgan fingerprint density at radius 1 is 1.00 bits per heavy atom. The number of ether oxygens (including phenoxy) is 2. The zero-order chi connectivity index (χ0) is 22.1. The van der Waals surface area contributed by atoms with E-state index in [4.69, 9.17) is 32.7 Å². The standard InChI is InChI=1S/C19H19Cl2FN2O5S/c1-28-17-10-12(9-15(21)18(17)29-2)19(25)23-5-7-24(8-6-23)30(26,27)13-3-4-16(22)14(20)11-13/h3-4,9-11H,5-8H2,1-2H3. The lowest BCUT2D eigenvalue weighted by atomic mass is 10.1. The van der Waals surface area contributed by atoms with Crippen LogP contribution in [0.15, 0.2) is 35.2 Å². The largest absolute Gasteiger partial charge is 0.493 e. The Bertz CT molecular complexity index is 1070. The van der Waals surface area contributed by atoms with E-state index in [-0.39, 0.29) is 47.0 Å². The molecule has 11 heteroatoms. The monoisotopic (exact) mass is 476 g/mol. The molecule has 0 radical (unpaired) electrons. The highest BCUT2D eigenvalue weighted by Crippen LogP contribution is 2.36. The summed E-state index contributed by atoms with van der Waals surface area (Å²) in [5.74, 6) is -0.355. The third kappa shape index (κ3) is 4.34. The number of methoxy groups -OCH3 is 2. The molecular weight excluding hydrogens is 458 g/mol. The number of hydrogen-bond acceptors (Lipinski definition) is 5. The topological polar surface area (TPSA) is 76.2 Å². The van der Waals surface area contributed by atoms with Crippen molar-refractivity contribution in [2.45, 2.75) is 4.90 Å². The van der Waals surface area contributed by atoms with Gasteiger partial charge in [0.2, 0.25) is 10.0 Å². The molecule has 1 amide bonds. The summed E-state index contributed by atoms with van der Waals surface area (Å²) in [6.45, 7) is 0.534. The maximum Gasteiger partial charge on any atom is 0.254 e. The van der Waals surface area contributed by atoms with Crippen molar-refractivity contribution in [3.8, 4) is 11.5 Å². The Morgan fingerprint density at radius 3 is 2.23 bits per heavy atom. The highest BCUT2D eigenvalue weighted by molar-refractivity contribution is 7.89. The summed E-state index contributed by atoms with van der Waals surface area (Å²) in [7, 11) is -0.973. The number of sulfonamides is 1. The summed E-state index contributed by atoms with van der Waals surface area (Å²) in [6.07, 6.45) is 0. The summed E-state index contributed by atoms with van der Waals surface area (Å²) in [6, 6.07) is 6.26. The van der Waals surface area contributed by atoms with E-state index in [2.05, 4.69) is 0 Å². The number of rotatable bonds is 5. The van der Waals surface area contributed by atoms with E-state index in [0.717, 1.165) is 12.1 Å². The smallest absolute Gasteiger partial charge is 0.254 e. The summed E-state index contributed by atoms with van der Waals surface area (Å²) in [5, 5.41) is -0.0372. The first kappa shape index (κ1) is 22.6. The van der Waals surface area contributed by atoms with Crippen molar-refractivity contribution in [1.82, 2.24) is 9.21 Å². The summed E-state index contributed by atoms with van der Waals surface area (Å²) in [5.41, 5.74) is 0.305. The van der Waals surface area contributed by atoms with Crippen LogP contribution in [0.2, 0.25) is 10.0 Å². The molecule has 3 rings (SSSR count). The second-order valence-corrected chi connectivity index (χ2v) is 9.22. The van der Waals surface area contributed by atoms with Gasteiger partial charge in [-0.25, -0.2) is 12.8 Å². The van der Waals surface area contributed by atoms with Gasteiger partial charge in [0.05, 0.1) is 29.2 Å². The number of carbonyl (C=O) groups excluding carboxylic acids is 1. The van der Waals surface area contributed by atoms with Crippen molar-refractivity contribution >= 4 is 39.1 Å². The van der Waals surface area contributed by atoms with E-state index in [0.29, 0.717) is 17.1 Å². The van der Waals surface area contributed by atoms with Gasteiger partial charge in [-0.05, 0) is 30.3 Å². The molecule has 162 valence electrons. The number of carbonyl (C=O) groups is 1. The van der Waals surface area contributed by atoms with Crippen LogP contribution in [0.5, 0.6) is 11.5 Å². The molecule has 0 aliphatic carbocycles. The summed E-state index contributed by atoms with van der Waals surface area (Å²) < 4.78 is 50.6. The van der Waals surface area contributed by atoms with Gasteiger partial charge in [-0.15, -0.1) is 0 Å². The van der Waals surface area contributed by atoms with Gasteiger partial charge >= 0.3 is 0 Å². The molecule has 0 aromatic heterocycles. The fraction of sp³-hybridized carbons (Fsp3) is 0.316. The van der Waals surface area contributed by atoms with Gasteiger partial charge in [-0.3, -0.25) is 4.79 Å². The molecule has 0 bridgehead atoms. The molecule has 2 aromatic rings. The fourth-order valence-electron chi connectivity index (χ4n) is 3.14. The average Bonchev–Trinajstić information content (AvgIpc) is 2.74. The summed E-state index contributed by atoms with van der Waals surface area (Å²) >= 11 is 11.9. The maximum atomic E-state index is 13.3. The number of benzene rings is 2. The zero-order valence-electron chi connectivity index (χ0n) is 16.2. The van der Waals surface area contributed by atoms with Gasteiger partial charge in [0.25, 0.3) is 5.91 Å². The molecule has 1 fully saturated rings. The van der Waals surface area contributed by atoms with Crippen LogP contribution in [0.4, 0.5) is 4.39 Å². The minimum atomic E-state index is -3.85. The van der Waals surface area contributed by atoms with Gasteiger partial charge in [-0.1, -0.05) is 23.2 Å². The first-order chi connectivity index (χ1) is 14.2. The van der Waals surface area contributed by atoms with E-state index in [1.807, 2.05) is 0 Å². The van der Waals surface area contributed by atoms with Crippen molar-refractivity contribution in [3.63, 3.8) is 0 Å². The maximum absolute atomic E-state index is 13.3. The Labute approximate surface area is 183 Å². The number of halogens is 3.